The minimum atomic E-state index is 0.263. The Morgan fingerprint density at radius 2 is 1.32 bits per heavy atom. The summed E-state index contributed by atoms with van der Waals surface area (Å²) in [5.74, 6) is 0. The molecule has 0 N–H and O–H groups in total. The summed E-state index contributed by atoms with van der Waals surface area (Å²) in [5, 5.41) is 8.85. The molecule has 1 unspecified atom stereocenters. The Morgan fingerprint density at radius 1 is 0.786 bits per heavy atom. The lowest BCUT2D eigenvalue weighted by molar-refractivity contribution is 0.138. The normalized spacial score (nSPS) is 12.9. The third-order valence-corrected chi connectivity index (χ3v) is 5.86. The average Bonchev–Trinajstić information content (AvgIpc) is 3.15. The lowest BCUT2D eigenvalue weighted by atomic mass is 10.1. The van der Waals surface area contributed by atoms with Gasteiger partial charge in [0.2, 0.25) is 0 Å². The van der Waals surface area contributed by atoms with E-state index < -0.39 is 0 Å². The zero-order valence-corrected chi connectivity index (χ0v) is 18.6. The predicted molar refractivity (Wildman–Crippen MR) is 121 cm³/mol. The average molecular weight is 387 g/mol. The van der Waals surface area contributed by atoms with Crippen molar-refractivity contribution < 1.29 is 0 Å². The largest absolute Gasteiger partial charge is 0.282 e. The molecule has 0 radical (unpaired) electrons. The Labute approximate surface area is 172 Å². The van der Waals surface area contributed by atoms with E-state index in [0.717, 1.165) is 24.1 Å². The van der Waals surface area contributed by atoms with E-state index in [2.05, 4.69) is 58.9 Å². The summed E-state index contributed by atoms with van der Waals surface area (Å²) in [6.45, 7) is 9.18. The second kappa shape index (κ2) is 13.7. The van der Waals surface area contributed by atoms with Crippen molar-refractivity contribution in [2.45, 2.75) is 104 Å². The van der Waals surface area contributed by atoms with Crippen LogP contribution in [0, 0.1) is 0 Å². The second-order valence-electron chi connectivity index (χ2n) is 8.23. The van der Waals surface area contributed by atoms with Gasteiger partial charge in [0.15, 0.2) is 0 Å². The molecule has 2 rings (SSSR count). The Balaban J connectivity index is 1.89. The van der Waals surface area contributed by atoms with Crippen LogP contribution in [0.25, 0.3) is 11.0 Å². The van der Waals surface area contributed by atoms with Crippen molar-refractivity contribution in [1.82, 2.24) is 19.9 Å². The highest BCUT2D eigenvalue weighted by Crippen LogP contribution is 2.20. The van der Waals surface area contributed by atoms with E-state index in [-0.39, 0.29) is 6.17 Å². The van der Waals surface area contributed by atoms with Gasteiger partial charge in [0.05, 0.1) is 5.52 Å². The van der Waals surface area contributed by atoms with E-state index in [1.165, 1.54) is 77.0 Å². The van der Waals surface area contributed by atoms with Crippen LogP contribution in [-0.4, -0.2) is 33.0 Å². The minimum absolute atomic E-state index is 0.263. The molecule has 0 aliphatic heterocycles. The van der Waals surface area contributed by atoms with Crippen molar-refractivity contribution in [2.24, 2.45) is 0 Å². The zero-order chi connectivity index (χ0) is 20.0. The van der Waals surface area contributed by atoms with Gasteiger partial charge in [0.1, 0.15) is 11.7 Å². The quantitative estimate of drug-likeness (QED) is 0.292. The Hall–Kier alpha value is -1.42. The van der Waals surface area contributed by atoms with Crippen LogP contribution in [0.15, 0.2) is 24.3 Å². The fourth-order valence-electron chi connectivity index (χ4n) is 3.99. The Kier molecular flexibility index (Phi) is 11.2. The van der Waals surface area contributed by atoms with Gasteiger partial charge in [-0.25, -0.2) is 4.68 Å². The number of nitrogens with zero attached hydrogens (tertiary/aromatic N) is 4. The smallest absolute Gasteiger partial charge is 0.113 e. The van der Waals surface area contributed by atoms with Gasteiger partial charge in [-0.1, -0.05) is 95.4 Å². The molecule has 4 nitrogen and oxygen atoms in total. The highest BCUT2D eigenvalue weighted by atomic mass is 15.5. The number of aromatic nitrogens is 3. The van der Waals surface area contributed by atoms with E-state index >= 15 is 0 Å². The highest BCUT2D eigenvalue weighted by molar-refractivity contribution is 5.73. The topological polar surface area (TPSA) is 34.0 Å². The molecule has 1 heterocycles. The maximum absolute atomic E-state index is 4.48. The molecule has 0 fully saturated rings. The van der Waals surface area contributed by atoms with Gasteiger partial charge in [-0.05, 0) is 31.9 Å². The van der Waals surface area contributed by atoms with Crippen molar-refractivity contribution in [3.8, 4) is 0 Å². The highest BCUT2D eigenvalue weighted by Gasteiger charge is 2.18. The fourth-order valence-corrected chi connectivity index (χ4v) is 3.99. The maximum Gasteiger partial charge on any atom is 0.113 e. The first kappa shape index (κ1) is 22.9. The monoisotopic (exact) mass is 386 g/mol. The van der Waals surface area contributed by atoms with E-state index in [0.29, 0.717) is 0 Å². The lowest BCUT2D eigenvalue weighted by Crippen LogP contribution is -2.33. The first-order chi connectivity index (χ1) is 13.8. The first-order valence-electron chi connectivity index (χ1n) is 11.8. The SMILES string of the molecule is CCCCCCCCN(CCCCCCCC)C(C)n1nnc2ccccc21. The lowest BCUT2D eigenvalue weighted by Gasteiger charge is -2.29. The van der Waals surface area contributed by atoms with Gasteiger partial charge in [-0.3, -0.25) is 4.90 Å². The summed E-state index contributed by atoms with van der Waals surface area (Å²) < 4.78 is 2.11. The molecular formula is C24H42N4. The number of para-hydroxylation sites is 1. The number of hydrogen-bond acceptors (Lipinski definition) is 3. The maximum atomic E-state index is 4.48. The van der Waals surface area contributed by atoms with Crippen LogP contribution in [-0.2, 0) is 0 Å². The van der Waals surface area contributed by atoms with Crippen LogP contribution >= 0.6 is 0 Å². The standard InChI is InChI=1S/C24H42N4/c1-4-6-8-10-12-16-20-27(21-17-13-11-9-7-5-2)22(3)28-24-19-15-14-18-23(24)25-26-28/h14-15,18-19,22H,4-13,16-17,20-21H2,1-3H3. The second-order valence-corrected chi connectivity index (χ2v) is 8.23. The molecule has 28 heavy (non-hydrogen) atoms. The molecule has 4 heteroatoms. The summed E-state index contributed by atoms with van der Waals surface area (Å²) in [7, 11) is 0. The van der Waals surface area contributed by atoms with Crippen LogP contribution in [0.1, 0.15) is 104 Å². The third-order valence-electron chi connectivity index (χ3n) is 5.86. The zero-order valence-electron chi connectivity index (χ0n) is 18.6. The molecule has 0 bridgehead atoms. The molecule has 0 spiro atoms. The molecule has 2 aromatic rings. The number of unbranched alkanes of at least 4 members (excludes halogenated alkanes) is 10. The van der Waals surface area contributed by atoms with Gasteiger partial charge < -0.3 is 0 Å². The van der Waals surface area contributed by atoms with Crippen molar-refractivity contribution in [1.29, 1.82) is 0 Å². The third kappa shape index (κ3) is 7.54. The van der Waals surface area contributed by atoms with Gasteiger partial charge in [-0.2, -0.15) is 0 Å². The number of benzene rings is 1. The summed E-state index contributed by atoms with van der Waals surface area (Å²) in [6, 6.07) is 8.31. The van der Waals surface area contributed by atoms with Crippen molar-refractivity contribution in [2.75, 3.05) is 13.1 Å². The molecule has 1 aromatic carbocycles. The number of hydrogen-bond donors (Lipinski definition) is 0. The summed E-state index contributed by atoms with van der Waals surface area (Å²) in [6.07, 6.45) is 16.4. The van der Waals surface area contributed by atoms with Gasteiger partial charge in [0.25, 0.3) is 0 Å². The molecule has 0 saturated heterocycles. The van der Waals surface area contributed by atoms with Crippen molar-refractivity contribution in [3.05, 3.63) is 24.3 Å². The predicted octanol–water partition coefficient (Wildman–Crippen LogP) is 6.97. The fraction of sp³-hybridized carbons (Fsp3) is 0.750. The van der Waals surface area contributed by atoms with Crippen LogP contribution in [0.3, 0.4) is 0 Å². The molecule has 1 atom stereocenters. The Morgan fingerprint density at radius 3 is 1.93 bits per heavy atom. The van der Waals surface area contributed by atoms with E-state index in [4.69, 9.17) is 0 Å². The molecule has 0 aliphatic rings. The van der Waals surface area contributed by atoms with E-state index in [1.807, 2.05) is 6.07 Å². The van der Waals surface area contributed by atoms with Crippen LogP contribution in [0.2, 0.25) is 0 Å². The summed E-state index contributed by atoms with van der Waals surface area (Å²) in [5.41, 5.74) is 2.14. The van der Waals surface area contributed by atoms with Crippen molar-refractivity contribution in [3.63, 3.8) is 0 Å². The molecule has 158 valence electrons. The summed E-state index contributed by atoms with van der Waals surface area (Å²) >= 11 is 0. The van der Waals surface area contributed by atoms with Crippen molar-refractivity contribution >= 4 is 11.0 Å². The number of fused-ring (bicyclic) bond motifs is 1. The molecule has 0 aliphatic carbocycles. The Bertz CT molecular complexity index is 620. The van der Waals surface area contributed by atoms with Crippen LogP contribution in [0.4, 0.5) is 0 Å². The first-order valence-corrected chi connectivity index (χ1v) is 11.8. The summed E-state index contributed by atoms with van der Waals surface area (Å²) in [4.78, 5) is 2.63. The van der Waals surface area contributed by atoms with Gasteiger partial charge in [-0.15, -0.1) is 5.10 Å². The van der Waals surface area contributed by atoms with Gasteiger partial charge >= 0.3 is 0 Å². The van der Waals surface area contributed by atoms with E-state index in [1.54, 1.807) is 0 Å². The molecule has 1 aromatic heterocycles. The van der Waals surface area contributed by atoms with Crippen LogP contribution in [0.5, 0.6) is 0 Å². The number of rotatable bonds is 16. The van der Waals surface area contributed by atoms with E-state index in [9.17, 15) is 0 Å². The molecule has 0 saturated carbocycles. The van der Waals surface area contributed by atoms with Crippen LogP contribution < -0.4 is 0 Å². The van der Waals surface area contributed by atoms with Gasteiger partial charge in [0, 0.05) is 13.1 Å². The molecular weight excluding hydrogens is 344 g/mol. The molecule has 0 amide bonds. The minimum Gasteiger partial charge on any atom is -0.282 e.